The molecule has 0 aliphatic heterocycles. The highest BCUT2D eigenvalue weighted by atomic mass is 16.5. The van der Waals surface area contributed by atoms with E-state index in [0.29, 0.717) is 13.1 Å². The SMILES string of the molecule is CCN(CC)CC(=O)NCCc1ccccc1OC. The minimum Gasteiger partial charge on any atom is -0.496 e. The summed E-state index contributed by atoms with van der Waals surface area (Å²) in [4.78, 5) is 13.8. The maximum absolute atomic E-state index is 11.7. The van der Waals surface area contributed by atoms with Crippen LogP contribution >= 0.6 is 0 Å². The van der Waals surface area contributed by atoms with Crippen molar-refractivity contribution in [2.75, 3.05) is 33.3 Å². The monoisotopic (exact) mass is 264 g/mol. The number of rotatable bonds is 8. The Labute approximate surface area is 115 Å². The Morgan fingerprint density at radius 1 is 1.26 bits per heavy atom. The smallest absolute Gasteiger partial charge is 0.234 e. The van der Waals surface area contributed by atoms with Crippen molar-refractivity contribution >= 4 is 5.91 Å². The number of carbonyl (C=O) groups excluding carboxylic acids is 1. The zero-order valence-corrected chi connectivity index (χ0v) is 12.1. The van der Waals surface area contributed by atoms with Crippen LogP contribution in [0.15, 0.2) is 24.3 Å². The standard InChI is InChI=1S/C15H24N2O2/c1-4-17(5-2)12-15(18)16-11-10-13-8-6-7-9-14(13)19-3/h6-9H,4-5,10-12H2,1-3H3,(H,16,18). The average molecular weight is 264 g/mol. The van der Waals surface area contributed by atoms with E-state index in [9.17, 15) is 4.79 Å². The van der Waals surface area contributed by atoms with Crippen LogP contribution in [0.3, 0.4) is 0 Å². The molecule has 4 nitrogen and oxygen atoms in total. The van der Waals surface area contributed by atoms with Gasteiger partial charge in [0.05, 0.1) is 13.7 Å². The number of amides is 1. The topological polar surface area (TPSA) is 41.6 Å². The lowest BCUT2D eigenvalue weighted by Gasteiger charge is -2.17. The summed E-state index contributed by atoms with van der Waals surface area (Å²) in [6.07, 6.45) is 0.786. The second kappa shape index (κ2) is 8.53. The number of benzene rings is 1. The first-order valence-corrected chi connectivity index (χ1v) is 6.82. The first-order chi connectivity index (χ1) is 9.21. The summed E-state index contributed by atoms with van der Waals surface area (Å²) in [6.45, 7) is 7.03. The first kappa shape index (κ1) is 15.5. The molecule has 0 radical (unpaired) electrons. The molecule has 0 heterocycles. The lowest BCUT2D eigenvalue weighted by Crippen LogP contribution is -2.37. The molecule has 1 amide bonds. The molecule has 0 atom stereocenters. The van der Waals surface area contributed by atoms with Gasteiger partial charge in [-0.1, -0.05) is 32.0 Å². The van der Waals surface area contributed by atoms with Crippen LogP contribution < -0.4 is 10.1 Å². The van der Waals surface area contributed by atoms with Crippen molar-refractivity contribution in [2.24, 2.45) is 0 Å². The van der Waals surface area contributed by atoms with Gasteiger partial charge in [0, 0.05) is 6.54 Å². The second-order valence-corrected chi connectivity index (χ2v) is 4.37. The van der Waals surface area contributed by atoms with Gasteiger partial charge < -0.3 is 10.1 Å². The van der Waals surface area contributed by atoms with E-state index in [-0.39, 0.29) is 5.91 Å². The molecule has 0 saturated heterocycles. The summed E-state index contributed by atoms with van der Waals surface area (Å²) in [7, 11) is 1.66. The molecular weight excluding hydrogens is 240 g/mol. The molecule has 0 aromatic heterocycles. The number of methoxy groups -OCH3 is 1. The zero-order chi connectivity index (χ0) is 14.1. The van der Waals surface area contributed by atoms with Gasteiger partial charge in [0.25, 0.3) is 0 Å². The Hall–Kier alpha value is -1.55. The molecular formula is C15H24N2O2. The minimum absolute atomic E-state index is 0.0820. The minimum atomic E-state index is 0.0820. The van der Waals surface area contributed by atoms with Gasteiger partial charge in [0.1, 0.15) is 5.75 Å². The van der Waals surface area contributed by atoms with E-state index in [0.717, 1.165) is 30.8 Å². The third-order valence-electron chi connectivity index (χ3n) is 3.17. The molecule has 1 rings (SSSR count). The van der Waals surface area contributed by atoms with Crippen LogP contribution in [0, 0.1) is 0 Å². The number of carbonyl (C=O) groups is 1. The summed E-state index contributed by atoms with van der Waals surface area (Å²) >= 11 is 0. The Bertz CT molecular complexity index is 389. The van der Waals surface area contributed by atoms with Crippen LogP contribution in [0.4, 0.5) is 0 Å². The normalized spacial score (nSPS) is 10.5. The van der Waals surface area contributed by atoms with Gasteiger partial charge in [-0.2, -0.15) is 0 Å². The highest BCUT2D eigenvalue weighted by Crippen LogP contribution is 2.17. The van der Waals surface area contributed by atoms with Crippen molar-refractivity contribution in [3.63, 3.8) is 0 Å². The number of para-hydroxylation sites is 1. The van der Waals surface area contributed by atoms with Crippen molar-refractivity contribution < 1.29 is 9.53 Å². The number of ether oxygens (including phenoxy) is 1. The number of nitrogens with one attached hydrogen (secondary N) is 1. The largest absolute Gasteiger partial charge is 0.496 e. The zero-order valence-electron chi connectivity index (χ0n) is 12.1. The molecule has 0 spiro atoms. The van der Waals surface area contributed by atoms with E-state index in [1.807, 2.05) is 24.3 Å². The molecule has 19 heavy (non-hydrogen) atoms. The molecule has 4 heteroatoms. The van der Waals surface area contributed by atoms with Gasteiger partial charge in [-0.3, -0.25) is 9.69 Å². The van der Waals surface area contributed by atoms with Crippen LogP contribution in [-0.4, -0.2) is 44.1 Å². The highest BCUT2D eigenvalue weighted by molar-refractivity contribution is 5.78. The second-order valence-electron chi connectivity index (χ2n) is 4.37. The Balaban J connectivity index is 2.35. The van der Waals surface area contributed by atoms with Crippen molar-refractivity contribution in [2.45, 2.75) is 20.3 Å². The summed E-state index contributed by atoms with van der Waals surface area (Å²) < 4.78 is 5.28. The quantitative estimate of drug-likeness (QED) is 0.777. The molecule has 1 N–H and O–H groups in total. The van der Waals surface area contributed by atoms with Crippen LogP contribution in [0.25, 0.3) is 0 Å². The third kappa shape index (κ3) is 5.30. The van der Waals surface area contributed by atoms with E-state index < -0.39 is 0 Å². The molecule has 1 aromatic rings. The molecule has 0 fully saturated rings. The van der Waals surface area contributed by atoms with Crippen LogP contribution in [-0.2, 0) is 11.2 Å². The summed E-state index contributed by atoms with van der Waals surface area (Å²) in [5.41, 5.74) is 1.12. The molecule has 0 aliphatic carbocycles. The number of likely N-dealkylation sites (N-methyl/N-ethyl adjacent to an activating group) is 1. The van der Waals surface area contributed by atoms with E-state index in [1.165, 1.54) is 0 Å². The maximum Gasteiger partial charge on any atom is 0.234 e. The van der Waals surface area contributed by atoms with Gasteiger partial charge in [-0.25, -0.2) is 0 Å². The van der Waals surface area contributed by atoms with Gasteiger partial charge in [0.2, 0.25) is 5.91 Å². The molecule has 106 valence electrons. The predicted octanol–water partition coefficient (Wildman–Crippen LogP) is 1.70. The molecule has 0 saturated carbocycles. The Morgan fingerprint density at radius 2 is 1.95 bits per heavy atom. The molecule has 0 aliphatic rings. The fourth-order valence-electron chi connectivity index (χ4n) is 1.95. The van der Waals surface area contributed by atoms with E-state index in [1.54, 1.807) is 7.11 Å². The number of hydrogen-bond acceptors (Lipinski definition) is 3. The highest BCUT2D eigenvalue weighted by Gasteiger charge is 2.07. The first-order valence-electron chi connectivity index (χ1n) is 6.82. The third-order valence-corrected chi connectivity index (χ3v) is 3.17. The van der Waals surface area contributed by atoms with Gasteiger partial charge in [0.15, 0.2) is 0 Å². The fraction of sp³-hybridized carbons (Fsp3) is 0.533. The van der Waals surface area contributed by atoms with Crippen LogP contribution in [0.1, 0.15) is 19.4 Å². The molecule has 0 unspecified atom stereocenters. The van der Waals surface area contributed by atoms with Gasteiger partial charge in [-0.05, 0) is 31.1 Å². The van der Waals surface area contributed by atoms with Crippen molar-refractivity contribution in [1.82, 2.24) is 10.2 Å². The van der Waals surface area contributed by atoms with Crippen molar-refractivity contribution in [3.05, 3.63) is 29.8 Å². The summed E-state index contributed by atoms with van der Waals surface area (Å²) in [6, 6.07) is 7.89. The Kier molecular flexibility index (Phi) is 6.97. The number of hydrogen-bond donors (Lipinski definition) is 1. The Morgan fingerprint density at radius 3 is 2.58 bits per heavy atom. The van der Waals surface area contributed by atoms with E-state index in [4.69, 9.17) is 4.74 Å². The van der Waals surface area contributed by atoms with Crippen LogP contribution in [0.2, 0.25) is 0 Å². The summed E-state index contributed by atoms with van der Waals surface area (Å²) in [5, 5.41) is 2.95. The number of nitrogens with zero attached hydrogens (tertiary/aromatic N) is 1. The van der Waals surface area contributed by atoms with Crippen LogP contribution in [0.5, 0.6) is 5.75 Å². The lowest BCUT2D eigenvalue weighted by molar-refractivity contribution is -0.122. The van der Waals surface area contributed by atoms with Gasteiger partial charge >= 0.3 is 0 Å². The fourth-order valence-corrected chi connectivity index (χ4v) is 1.95. The van der Waals surface area contributed by atoms with Crippen molar-refractivity contribution in [3.8, 4) is 5.75 Å². The van der Waals surface area contributed by atoms with E-state index >= 15 is 0 Å². The predicted molar refractivity (Wildman–Crippen MR) is 77.5 cm³/mol. The average Bonchev–Trinajstić information content (AvgIpc) is 2.45. The van der Waals surface area contributed by atoms with Gasteiger partial charge in [-0.15, -0.1) is 0 Å². The lowest BCUT2D eigenvalue weighted by atomic mass is 10.1. The van der Waals surface area contributed by atoms with Crippen molar-refractivity contribution in [1.29, 1.82) is 0 Å². The summed E-state index contributed by atoms with van der Waals surface area (Å²) in [5.74, 6) is 0.957. The molecule has 0 bridgehead atoms. The van der Waals surface area contributed by atoms with E-state index in [2.05, 4.69) is 24.1 Å². The molecule has 1 aromatic carbocycles. The maximum atomic E-state index is 11.7.